The molecule has 0 radical (unpaired) electrons. The number of nitrogens with one attached hydrogen (secondary N) is 2. The molecule has 3 aromatic rings. The van der Waals surface area contributed by atoms with Crippen LogP contribution in [-0.4, -0.2) is 20.2 Å². The fourth-order valence-corrected chi connectivity index (χ4v) is 2.27. The van der Waals surface area contributed by atoms with Gasteiger partial charge >= 0.3 is 0 Å². The van der Waals surface area contributed by atoms with E-state index in [2.05, 4.69) is 39.3 Å². The van der Waals surface area contributed by atoms with Gasteiger partial charge in [0.2, 0.25) is 5.88 Å². The number of ether oxygens (including phenoxy) is 1. The number of hydrogen-bond donors (Lipinski definition) is 2. The van der Waals surface area contributed by atoms with Gasteiger partial charge in [-0.3, -0.25) is 10.1 Å². The summed E-state index contributed by atoms with van der Waals surface area (Å²) in [4.78, 5) is 8.05. The highest BCUT2D eigenvalue weighted by Gasteiger charge is 2.06. The molecule has 6 nitrogen and oxygen atoms in total. The van der Waals surface area contributed by atoms with Gasteiger partial charge in [0.25, 0.3) is 0 Å². The Kier molecular flexibility index (Phi) is 4.52. The monoisotopic (exact) mass is 309 g/mol. The third-order valence-corrected chi connectivity index (χ3v) is 3.61. The molecule has 0 saturated heterocycles. The van der Waals surface area contributed by atoms with E-state index in [0.717, 1.165) is 23.6 Å². The first kappa shape index (κ1) is 15.0. The molecule has 0 aliphatic rings. The molecule has 0 amide bonds. The standard InChI is InChI=1S/C17H19N5O/c1-3-15-12(2)17(22-21-15)20-10-13-4-6-14(7-5-13)23-16-11-18-8-9-19-16/h4-9,11H,3,10H2,1-2H3,(H2,20,21,22). The summed E-state index contributed by atoms with van der Waals surface area (Å²) >= 11 is 0. The molecular weight excluding hydrogens is 290 g/mol. The average molecular weight is 309 g/mol. The molecule has 1 aromatic carbocycles. The van der Waals surface area contributed by atoms with Crippen LogP contribution in [-0.2, 0) is 13.0 Å². The predicted octanol–water partition coefficient (Wildman–Crippen LogP) is 3.47. The summed E-state index contributed by atoms with van der Waals surface area (Å²) in [7, 11) is 0. The molecule has 2 heterocycles. The van der Waals surface area contributed by atoms with Gasteiger partial charge in [0.1, 0.15) is 5.75 Å². The molecule has 0 fully saturated rings. The van der Waals surface area contributed by atoms with Crippen LogP contribution >= 0.6 is 0 Å². The van der Waals surface area contributed by atoms with E-state index in [1.54, 1.807) is 18.6 Å². The number of aromatic amines is 1. The van der Waals surface area contributed by atoms with Gasteiger partial charge in [-0.15, -0.1) is 0 Å². The second-order valence-corrected chi connectivity index (χ2v) is 5.17. The number of H-pyrrole nitrogens is 1. The van der Waals surface area contributed by atoms with Crippen LogP contribution in [0.3, 0.4) is 0 Å². The first-order valence-corrected chi connectivity index (χ1v) is 7.56. The van der Waals surface area contributed by atoms with Crippen LogP contribution < -0.4 is 10.1 Å². The molecule has 2 aromatic heterocycles. The Bertz CT molecular complexity index is 752. The smallest absolute Gasteiger partial charge is 0.237 e. The lowest BCUT2D eigenvalue weighted by atomic mass is 10.2. The summed E-state index contributed by atoms with van der Waals surface area (Å²) in [5, 5.41) is 10.7. The van der Waals surface area contributed by atoms with Crippen molar-refractivity contribution in [1.29, 1.82) is 0 Å². The van der Waals surface area contributed by atoms with Crippen molar-refractivity contribution in [2.75, 3.05) is 5.32 Å². The quantitative estimate of drug-likeness (QED) is 0.729. The fourth-order valence-electron chi connectivity index (χ4n) is 2.27. The van der Waals surface area contributed by atoms with Crippen molar-refractivity contribution in [2.45, 2.75) is 26.8 Å². The molecule has 6 heteroatoms. The summed E-state index contributed by atoms with van der Waals surface area (Å²) in [5.41, 5.74) is 3.49. The first-order valence-electron chi connectivity index (χ1n) is 7.56. The van der Waals surface area contributed by atoms with Gasteiger partial charge in [0.15, 0.2) is 5.82 Å². The first-order chi connectivity index (χ1) is 11.3. The van der Waals surface area contributed by atoms with E-state index in [1.165, 1.54) is 11.3 Å². The minimum atomic E-state index is 0.484. The Hall–Kier alpha value is -2.89. The third kappa shape index (κ3) is 3.66. The number of hydrogen-bond acceptors (Lipinski definition) is 5. The maximum atomic E-state index is 5.62. The van der Waals surface area contributed by atoms with Gasteiger partial charge < -0.3 is 10.1 Å². The second-order valence-electron chi connectivity index (χ2n) is 5.17. The lowest BCUT2D eigenvalue weighted by Gasteiger charge is -2.07. The van der Waals surface area contributed by atoms with Gasteiger partial charge in [-0.25, -0.2) is 4.98 Å². The molecule has 0 aliphatic heterocycles. The number of anilines is 1. The molecular formula is C17H19N5O. The summed E-state index contributed by atoms with van der Waals surface area (Å²) in [5.74, 6) is 2.12. The van der Waals surface area contributed by atoms with E-state index in [4.69, 9.17) is 4.74 Å². The highest BCUT2D eigenvalue weighted by Crippen LogP contribution is 2.20. The highest BCUT2D eigenvalue weighted by molar-refractivity contribution is 5.46. The van der Waals surface area contributed by atoms with Crippen molar-refractivity contribution in [3.05, 3.63) is 59.7 Å². The van der Waals surface area contributed by atoms with Crippen LogP contribution in [0.2, 0.25) is 0 Å². The van der Waals surface area contributed by atoms with E-state index < -0.39 is 0 Å². The molecule has 0 bridgehead atoms. The lowest BCUT2D eigenvalue weighted by molar-refractivity contribution is 0.460. The largest absolute Gasteiger partial charge is 0.438 e. The van der Waals surface area contributed by atoms with Crippen LogP contribution in [0.1, 0.15) is 23.7 Å². The maximum absolute atomic E-state index is 5.62. The lowest BCUT2D eigenvalue weighted by Crippen LogP contribution is -2.01. The number of aromatic nitrogens is 4. The van der Waals surface area contributed by atoms with Crippen LogP contribution in [0.4, 0.5) is 5.82 Å². The van der Waals surface area contributed by atoms with Crippen molar-refractivity contribution in [3.8, 4) is 11.6 Å². The Balaban J connectivity index is 1.60. The highest BCUT2D eigenvalue weighted by atomic mass is 16.5. The number of aryl methyl sites for hydroxylation is 1. The molecule has 0 atom stereocenters. The Morgan fingerprint density at radius 2 is 2.00 bits per heavy atom. The fraction of sp³-hybridized carbons (Fsp3) is 0.235. The number of benzene rings is 1. The van der Waals surface area contributed by atoms with Gasteiger partial charge in [0, 0.05) is 30.2 Å². The van der Waals surface area contributed by atoms with E-state index in [1.807, 2.05) is 24.3 Å². The molecule has 118 valence electrons. The van der Waals surface area contributed by atoms with Crippen molar-refractivity contribution >= 4 is 5.82 Å². The van der Waals surface area contributed by atoms with Gasteiger partial charge in [-0.2, -0.15) is 5.10 Å². The topological polar surface area (TPSA) is 75.7 Å². The molecule has 23 heavy (non-hydrogen) atoms. The van der Waals surface area contributed by atoms with E-state index in [-0.39, 0.29) is 0 Å². The normalized spacial score (nSPS) is 10.5. The van der Waals surface area contributed by atoms with Gasteiger partial charge in [-0.1, -0.05) is 19.1 Å². The van der Waals surface area contributed by atoms with Crippen LogP contribution in [0.15, 0.2) is 42.9 Å². The summed E-state index contributed by atoms with van der Waals surface area (Å²) in [6.45, 7) is 4.89. The van der Waals surface area contributed by atoms with E-state index in [0.29, 0.717) is 12.4 Å². The number of nitrogens with zero attached hydrogens (tertiary/aromatic N) is 3. The molecule has 0 aliphatic carbocycles. The van der Waals surface area contributed by atoms with Crippen molar-refractivity contribution in [2.24, 2.45) is 0 Å². The summed E-state index contributed by atoms with van der Waals surface area (Å²) in [6.07, 6.45) is 5.75. The zero-order chi connectivity index (χ0) is 16.1. The molecule has 0 saturated carbocycles. The molecule has 2 N–H and O–H groups in total. The van der Waals surface area contributed by atoms with Gasteiger partial charge in [0.05, 0.1) is 6.20 Å². The Morgan fingerprint density at radius 1 is 1.17 bits per heavy atom. The SMILES string of the molecule is CCc1[nH]nc(NCc2ccc(Oc3cnccn3)cc2)c1C. The molecule has 3 rings (SSSR count). The second kappa shape index (κ2) is 6.91. The maximum Gasteiger partial charge on any atom is 0.237 e. The molecule has 0 unspecified atom stereocenters. The predicted molar refractivity (Wildman–Crippen MR) is 88.6 cm³/mol. The van der Waals surface area contributed by atoms with Crippen LogP contribution in [0, 0.1) is 6.92 Å². The number of rotatable bonds is 6. The minimum absolute atomic E-state index is 0.484. The Morgan fingerprint density at radius 3 is 2.65 bits per heavy atom. The van der Waals surface area contributed by atoms with E-state index >= 15 is 0 Å². The van der Waals surface area contributed by atoms with Crippen molar-refractivity contribution in [3.63, 3.8) is 0 Å². The van der Waals surface area contributed by atoms with Gasteiger partial charge in [-0.05, 0) is 31.0 Å². The van der Waals surface area contributed by atoms with E-state index in [9.17, 15) is 0 Å². The minimum Gasteiger partial charge on any atom is -0.438 e. The Labute approximate surface area is 135 Å². The zero-order valence-electron chi connectivity index (χ0n) is 13.2. The van der Waals surface area contributed by atoms with Crippen LogP contribution in [0.5, 0.6) is 11.6 Å². The van der Waals surface area contributed by atoms with Crippen molar-refractivity contribution in [1.82, 2.24) is 20.2 Å². The zero-order valence-corrected chi connectivity index (χ0v) is 13.2. The summed E-state index contributed by atoms with van der Waals surface area (Å²) < 4.78 is 5.62. The molecule has 0 spiro atoms. The van der Waals surface area contributed by atoms with Crippen LogP contribution in [0.25, 0.3) is 0 Å². The average Bonchev–Trinajstić information content (AvgIpc) is 2.95. The third-order valence-electron chi connectivity index (χ3n) is 3.61. The summed E-state index contributed by atoms with van der Waals surface area (Å²) in [6, 6.07) is 7.87. The van der Waals surface area contributed by atoms with Crippen molar-refractivity contribution < 1.29 is 4.74 Å².